The van der Waals surface area contributed by atoms with Crippen molar-refractivity contribution in [2.45, 2.75) is 51.5 Å². The summed E-state index contributed by atoms with van der Waals surface area (Å²) >= 11 is 0. The summed E-state index contributed by atoms with van der Waals surface area (Å²) in [6, 6.07) is 12.1. The monoisotopic (exact) mass is 421 g/mol. The number of hydrogen-bond acceptors (Lipinski definition) is 5. The van der Waals surface area contributed by atoms with Gasteiger partial charge in [-0.1, -0.05) is 12.1 Å². The summed E-state index contributed by atoms with van der Waals surface area (Å²) in [7, 11) is 0. The zero-order chi connectivity index (χ0) is 21.6. The van der Waals surface area contributed by atoms with Gasteiger partial charge in [-0.15, -0.1) is 0 Å². The van der Waals surface area contributed by atoms with Gasteiger partial charge in [0.1, 0.15) is 6.54 Å². The number of aromatic nitrogens is 2. The number of benzene rings is 2. The van der Waals surface area contributed by atoms with Crippen LogP contribution in [0, 0.1) is 0 Å². The lowest BCUT2D eigenvalue weighted by Crippen LogP contribution is -2.41. The summed E-state index contributed by atoms with van der Waals surface area (Å²) in [5, 5.41) is 3.23. The number of amides is 1. The minimum atomic E-state index is -0.564. The van der Waals surface area contributed by atoms with Gasteiger partial charge in [0.05, 0.1) is 10.9 Å². The van der Waals surface area contributed by atoms with E-state index >= 15 is 0 Å². The Labute approximate surface area is 178 Å². The number of rotatable bonds is 4. The van der Waals surface area contributed by atoms with Crippen LogP contribution in [0.2, 0.25) is 0 Å². The van der Waals surface area contributed by atoms with Crippen LogP contribution in [0.4, 0.5) is 5.69 Å². The zero-order valence-corrected chi connectivity index (χ0v) is 17.2. The van der Waals surface area contributed by atoms with Crippen molar-refractivity contribution in [3.05, 3.63) is 63.3 Å². The number of ether oxygens (including phenoxy) is 2. The standard InChI is InChI=1S/C23H23N3O5/c1-2-25-21(28)16-7-3-4-8-17(16)26(22(25)29)14-20(27)24-15-9-10-18-19(13-15)31-23(30-18)11-5-6-12-23/h3-4,7-10,13H,2,5-6,11-12,14H2,1H3,(H,24,27). The fraction of sp³-hybridized carbons (Fsp3) is 0.348. The Morgan fingerprint density at radius 1 is 1.03 bits per heavy atom. The molecule has 1 aromatic heterocycles. The second kappa shape index (κ2) is 7.30. The molecule has 1 aliphatic heterocycles. The number of fused-ring (bicyclic) bond motifs is 2. The maximum atomic E-state index is 12.8. The van der Waals surface area contributed by atoms with E-state index in [2.05, 4.69) is 5.32 Å². The van der Waals surface area contributed by atoms with Gasteiger partial charge in [0.15, 0.2) is 11.5 Å². The van der Waals surface area contributed by atoms with Crippen LogP contribution in [0.25, 0.3) is 10.9 Å². The summed E-state index contributed by atoms with van der Waals surface area (Å²) in [5.74, 6) is 0.354. The summed E-state index contributed by atoms with van der Waals surface area (Å²) < 4.78 is 14.5. The molecule has 0 saturated heterocycles. The number of carbonyl (C=O) groups excluding carboxylic acids is 1. The van der Waals surface area contributed by atoms with Crippen molar-refractivity contribution in [2.24, 2.45) is 0 Å². The van der Waals surface area contributed by atoms with E-state index in [1.54, 1.807) is 49.4 Å². The molecule has 1 spiro atoms. The molecular formula is C23H23N3O5. The highest BCUT2D eigenvalue weighted by Gasteiger charge is 2.44. The average Bonchev–Trinajstić information content (AvgIpc) is 3.37. The van der Waals surface area contributed by atoms with Crippen LogP contribution in [0.1, 0.15) is 32.6 Å². The molecule has 2 aliphatic rings. The van der Waals surface area contributed by atoms with Crippen LogP contribution in [0.15, 0.2) is 52.1 Å². The van der Waals surface area contributed by atoms with E-state index in [4.69, 9.17) is 9.47 Å². The normalized spacial score (nSPS) is 16.2. The first kappa shape index (κ1) is 19.4. The molecular weight excluding hydrogens is 398 g/mol. The highest BCUT2D eigenvalue weighted by atomic mass is 16.7. The highest BCUT2D eigenvalue weighted by molar-refractivity contribution is 5.92. The lowest BCUT2D eigenvalue weighted by atomic mass is 10.2. The Morgan fingerprint density at radius 3 is 2.55 bits per heavy atom. The van der Waals surface area contributed by atoms with Gasteiger partial charge in [0, 0.05) is 31.1 Å². The van der Waals surface area contributed by atoms with E-state index in [1.807, 2.05) is 0 Å². The van der Waals surface area contributed by atoms with Gasteiger partial charge in [-0.2, -0.15) is 0 Å². The molecule has 0 bridgehead atoms. The van der Waals surface area contributed by atoms with Crippen LogP contribution in [0.5, 0.6) is 11.5 Å². The van der Waals surface area contributed by atoms with E-state index in [1.165, 1.54) is 4.57 Å². The van der Waals surface area contributed by atoms with Crippen LogP contribution in [-0.4, -0.2) is 20.8 Å². The van der Waals surface area contributed by atoms with Gasteiger partial charge in [-0.05, 0) is 44.0 Å². The predicted molar refractivity (Wildman–Crippen MR) is 116 cm³/mol. The van der Waals surface area contributed by atoms with E-state index in [-0.39, 0.29) is 24.6 Å². The van der Waals surface area contributed by atoms with Crippen molar-refractivity contribution in [1.29, 1.82) is 0 Å². The van der Waals surface area contributed by atoms with Crippen molar-refractivity contribution in [3.63, 3.8) is 0 Å². The molecule has 3 aromatic rings. The van der Waals surface area contributed by atoms with Gasteiger partial charge >= 0.3 is 5.69 Å². The summed E-state index contributed by atoms with van der Waals surface area (Å²) in [6.07, 6.45) is 3.85. The lowest BCUT2D eigenvalue weighted by Gasteiger charge is -2.21. The van der Waals surface area contributed by atoms with E-state index < -0.39 is 11.5 Å². The minimum Gasteiger partial charge on any atom is -0.448 e. The maximum absolute atomic E-state index is 12.8. The number of para-hydroxylation sites is 1. The molecule has 31 heavy (non-hydrogen) atoms. The van der Waals surface area contributed by atoms with Gasteiger partial charge in [-0.3, -0.25) is 18.7 Å². The SMILES string of the molecule is CCn1c(=O)c2ccccc2n(CC(=O)Nc2ccc3c(c2)OC2(CCCC2)O3)c1=O. The zero-order valence-electron chi connectivity index (χ0n) is 17.2. The molecule has 8 heteroatoms. The van der Waals surface area contributed by atoms with E-state index in [0.717, 1.165) is 30.3 Å². The van der Waals surface area contributed by atoms with Gasteiger partial charge in [0.25, 0.3) is 11.3 Å². The quantitative estimate of drug-likeness (QED) is 0.700. The molecule has 1 N–H and O–H groups in total. The van der Waals surface area contributed by atoms with Gasteiger partial charge in [0.2, 0.25) is 5.91 Å². The molecule has 160 valence electrons. The molecule has 1 aliphatic carbocycles. The molecule has 2 heterocycles. The number of nitrogens with zero attached hydrogens (tertiary/aromatic N) is 2. The number of carbonyl (C=O) groups is 1. The molecule has 1 saturated carbocycles. The van der Waals surface area contributed by atoms with Crippen LogP contribution >= 0.6 is 0 Å². The Kier molecular flexibility index (Phi) is 4.57. The lowest BCUT2D eigenvalue weighted by molar-refractivity contribution is -0.116. The second-order valence-electron chi connectivity index (χ2n) is 7.97. The molecule has 0 radical (unpaired) electrons. The fourth-order valence-corrected chi connectivity index (χ4v) is 4.44. The first-order valence-corrected chi connectivity index (χ1v) is 10.5. The van der Waals surface area contributed by atoms with Crippen molar-refractivity contribution in [2.75, 3.05) is 5.32 Å². The Balaban J connectivity index is 1.41. The van der Waals surface area contributed by atoms with Crippen molar-refractivity contribution < 1.29 is 14.3 Å². The molecule has 2 aromatic carbocycles. The topological polar surface area (TPSA) is 91.6 Å². The third-order valence-electron chi connectivity index (χ3n) is 5.93. The minimum absolute atomic E-state index is 0.210. The first-order valence-electron chi connectivity index (χ1n) is 10.5. The summed E-state index contributed by atoms with van der Waals surface area (Å²) in [4.78, 5) is 38.2. The van der Waals surface area contributed by atoms with Gasteiger partial charge in [-0.25, -0.2) is 4.79 Å². The third kappa shape index (κ3) is 3.28. The third-order valence-corrected chi connectivity index (χ3v) is 5.93. The fourth-order valence-electron chi connectivity index (χ4n) is 4.44. The summed E-state index contributed by atoms with van der Waals surface area (Å²) in [6.45, 7) is 1.75. The van der Waals surface area contributed by atoms with Crippen LogP contribution < -0.4 is 26.0 Å². The number of anilines is 1. The Bertz CT molecular complexity index is 1300. The molecule has 1 fully saturated rings. The number of nitrogens with one attached hydrogen (secondary N) is 1. The Hall–Kier alpha value is -3.55. The molecule has 0 atom stereocenters. The van der Waals surface area contributed by atoms with Crippen molar-refractivity contribution in [3.8, 4) is 11.5 Å². The van der Waals surface area contributed by atoms with Crippen molar-refractivity contribution in [1.82, 2.24) is 9.13 Å². The molecule has 1 amide bonds. The average molecular weight is 421 g/mol. The Morgan fingerprint density at radius 2 is 1.77 bits per heavy atom. The van der Waals surface area contributed by atoms with Crippen LogP contribution in [0.3, 0.4) is 0 Å². The highest BCUT2D eigenvalue weighted by Crippen LogP contribution is 2.47. The molecule has 5 rings (SSSR count). The maximum Gasteiger partial charge on any atom is 0.331 e. The predicted octanol–water partition coefficient (Wildman–Crippen LogP) is 2.86. The van der Waals surface area contributed by atoms with Gasteiger partial charge < -0.3 is 14.8 Å². The molecule has 8 nitrogen and oxygen atoms in total. The first-order chi connectivity index (χ1) is 15.0. The largest absolute Gasteiger partial charge is 0.448 e. The van der Waals surface area contributed by atoms with Crippen molar-refractivity contribution >= 4 is 22.5 Å². The summed E-state index contributed by atoms with van der Waals surface area (Å²) in [5.41, 5.74) is 0.140. The molecule has 0 unspecified atom stereocenters. The van der Waals surface area contributed by atoms with Crippen LogP contribution in [-0.2, 0) is 17.9 Å². The van der Waals surface area contributed by atoms with E-state index in [9.17, 15) is 14.4 Å². The second-order valence-corrected chi connectivity index (χ2v) is 7.97. The van der Waals surface area contributed by atoms with E-state index in [0.29, 0.717) is 28.1 Å². The smallest absolute Gasteiger partial charge is 0.331 e. The number of hydrogen-bond donors (Lipinski definition) is 1.